The average Bonchev–Trinajstić information content (AvgIpc) is 3.67. The van der Waals surface area contributed by atoms with Crippen LogP contribution in [-0.4, -0.2) is 38.2 Å². The first-order valence-corrected chi connectivity index (χ1v) is 15.2. The number of aromatic amines is 1. The van der Waals surface area contributed by atoms with Crippen LogP contribution in [0.15, 0.2) is 59.3 Å². The Morgan fingerprint density at radius 1 is 0.881 bits per heavy atom. The highest BCUT2D eigenvalue weighted by Gasteiger charge is 2.26. The Bertz CT molecular complexity index is 1540. The van der Waals surface area contributed by atoms with Crippen LogP contribution in [0.2, 0.25) is 0 Å². The molecule has 0 aliphatic rings. The van der Waals surface area contributed by atoms with E-state index in [9.17, 15) is 5.26 Å². The number of nitrogens with zero attached hydrogens (tertiary/aromatic N) is 5. The van der Waals surface area contributed by atoms with E-state index in [1.54, 1.807) is 22.7 Å². The Hall–Kier alpha value is -3.95. The molecular formula is C30H34ClN9S2. The van der Waals surface area contributed by atoms with Crippen molar-refractivity contribution < 1.29 is 16.9 Å². The molecule has 0 aliphatic heterocycles. The molecule has 0 saturated heterocycles. The van der Waals surface area contributed by atoms with Crippen LogP contribution in [-0.2, 0) is 19.5 Å². The maximum absolute atomic E-state index is 9.46. The number of nitrogens with two attached hydrogens (primary N) is 1. The van der Waals surface area contributed by atoms with Crippen molar-refractivity contribution in [3.63, 3.8) is 0 Å². The minimum absolute atomic E-state index is 0. The van der Waals surface area contributed by atoms with Crippen molar-refractivity contribution >= 4 is 50.1 Å². The van der Waals surface area contributed by atoms with E-state index in [1.165, 1.54) is 11.1 Å². The quantitative estimate of drug-likeness (QED) is 0.157. The predicted octanol–water partition coefficient (Wildman–Crippen LogP) is 3.66. The van der Waals surface area contributed by atoms with Crippen LogP contribution < -0.4 is 28.8 Å². The maximum atomic E-state index is 9.46. The number of hydrogen-bond donors (Lipinski definition) is 4. The fraction of sp³-hybridized carbons (Fsp3) is 0.267. The minimum atomic E-state index is 0. The molecule has 0 unspecified atom stereocenters. The Labute approximate surface area is 260 Å². The molecule has 0 bridgehead atoms. The summed E-state index contributed by atoms with van der Waals surface area (Å²) in [7, 11) is 2.24. The maximum Gasteiger partial charge on any atom is 0.187 e. The van der Waals surface area contributed by atoms with Gasteiger partial charge < -0.3 is 33.3 Å². The van der Waals surface area contributed by atoms with Gasteiger partial charge in [0.2, 0.25) is 0 Å². The van der Waals surface area contributed by atoms with Gasteiger partial charge in [-0.2, -0.15) is 10.4 Å². The van der Waals surface area contributed by atoms with Gasteiger partial charge in [0.15, 0.2) is 16.1 Å². The molecule has 2 aromatic carbocycles. The first kappa shape index (κ1) is 31.0. The van der Waals surface area contributed by atoms with E-state index in [0.29, 0.717) is 16.5 Å². The number of nitrogen functional groups attached to an aromatic ring is 1. The van der Waals surface area contributed by atoms with Gasteiger partial charge in [-0.05, 0) is 44.5 Å². The summed E-state index contributed by atoms with van der Waals surface area (Å²) in [5.74, 6) is 0.256. The molecular weight excluding hydrogens is 586 g/mol. The van der Waals surface area contributed by atoms with E-state index in [2.05, 4.69) is 107 Å². The van der Waals surface area contributed by atoms with Crippen molar-refractivity contribution in [3.05, 3.63) is 93.1 Å². The molecule has 42 heavy (non-hydrogen) atoms. The topological polar surface area (TPSA) is 128 Å². The average molecular weight is 620 g/mol. The van der Waals surface area contributed by atoms with E-state index >= 15 is 0 Å². The second kappa shape index (κ2) is 13.8. The predicted molar refractivity (Wildman–Crippen MR) is 168 cm³/mol. The highest BCUT2D eigenvalue weighted by atomic mass is 35.5. The van der Waals surface area contributed by atoms with Gasteiger partial charge in [-0.3, -0.25) is 5.10 Å². The van der Waals surface area contributed by atoms with Crippen molar-refractivity contribution in [3.8, 4) is 6.07 Å². The number of quaternary nitrogens is 1. The molecule has 12 heteroatoms. The van der Waals surface area contributed by atoms with E-state index < -0.39 is 0 Å². The molecule has 9 nitrogen and oxygen atoms in total. The van der Waals surface area contributed by atoms with Crippen molar-refractivity contribution in [2.75, 3.05) is 30.0 Å². The summed E-state index contributed by atoms with van der Waals surface area (Å²) in [6, 6.07) is 18.8. The van der Waals surface area contributed by atoms with Crippen LogP contribution in [0.4, 0.5) is 27.5 Å². The second-order valence-corrected chi connectivity index (χ2v) is 12.3. The van der Waals surface area contributed by atoms with Crippen molar-refractivity contribution in [2.45, 2.75) is 39.8 Å². The van der Waals surface area contributed by atoms with Gasteiger partial charge in [-0.1, -0.05) is 35.4 Å². The molecule has 5 N–H and O–H groups in total. The first-order valence-electron chi connectivity index (χ1n) is 13.4. The second-order valence-electron chi connectivity index (χ2n) is 10.6. The lowest BCUT2D eigenvalue weighted by atomic mass is 10.1. The summed E-state index contributed by atoms with van der Waals surface area (Å²) in [4.78, 5) is 9.81. The summed E-state index contributed by atoms with van der Waals surface area (Å²) in [6.45, 7) is 6.52. The lowest BCUT2D eigenvalue weighted by molar-refractivity contribution is -0.936. The number of anilines is 5. The largest absolute Gasteiger partial charge is 1.00 e. The van der Waals surface area contributed by atoms with E-state index in [0.717, 1.165) is 64.8 Å². The molecule has 0 amide bonds. The highest BCUT2D eigenvalue weighted by Crippen LogP contribution is 2.27. The fourth-order valence-corrected chi connectivity index (χ4v) is 6.17. The number of hydrogen-bond acceptors (Lipinski definition) is 9. The van der Waals surface area contributed by atoms with E-state index in [-0.39, 0.29) is 18.2 Å². The van der Waals surface area contributed by atoms with Crippen molar-refractivity contribution in [1.82, 2.24) is 20.2 Å². The Morgan fingerprint density at radius 3 is 1.86 bits per heavy atom. The lowest BCUT2D eigenvalue weighted by Crippen LogP contribution is -3.00. The Balaban J connectivity index is 0.00000405. The smallest absolute Gasteiger partial charge is 0.187 e. The molecule has 0 spiro atoms. The van der Waals surface area contributed by atoms with E-state index in [1.807, 2.05) is 0 Å². The number of H-pyrrole nitrogens is 1. The molecule has 0 saturated carbocycles. The molecule has 0 aliphatic carbocycles. The van der Waals surface area contributed by atoms with Gasteiger partial charge in [-0.25, -0.2) is 9.97 Å². The van der Waals surface area contributed by atoms with Crippen LogP contribution in [0.5, 0.6) is 0 Å². The highest BCUT2D eigenvalue weighted by molar-refractivity contribution is 7.14. The molecule has 0 radical (unpaired) electrons. The van der Waals surface area contributed by atoms with Gasteiger partial charge in [0.25, 0.3) is 0 Å². The molecule has 3 aromatic heterocycles. The van der Waals surface area contributed by atoms with E-state index in [4.69, 9.17) is 15.7 Å². The van der Waals surface area contributed by atoms with Gasteiger partial charge in [0.05, 0.1) is 19.3 Å². The molecule has 0 fully saturated rings. The third kappa shape index (κ3) is 8.08. The van der Waals surface area contributed by atoms with Gasteiger partial charge >= 0.3 is 0 Å². The summed E-state index contributed by atoms with van der Waals surface area (Å²) >= 11 is 3.22. The van der Waals surface area contributed by atoms with Gasteiger partial charge in [0.1, 0.15) is 36.1 Å². The fourth-order valence-electron chi connectivity index (χ4n) is 4.73. The van der Waals surface area contributed by atoms with Crippen LogP contribution in [0.25, 0.3) is 0 Å². The lowest BCUT2D eigenvalue weighted by Gasteiger charge is -2.33. The number of aryl methyl sites for hydroxylation is 3. The van der Waals surface area contributed by atoms with Crippen molar-refractivity contribution in [1.29, 1.82) is 5.26 Å². The third-order valence-electron chi connectivity index (χ3n) is 6.90. The first-order chi connectivity index (χ1) is 19.8. The number of rotatable bonds is 12. The standard InChI is InChI=1S/C30H34N9S2.ClH/c1-20-6-10-22(11-7-20)33-29-35-24(18-40-29)16-39(3,14-4-5-27-26(15-31)28(32)38-37-27)17-25-19-41-30(36-25)34-23-12-8-21(2)9-13-23;/h6-13,18-19H,4-5,14,16-17H2,1-3H3,(H,33,35)(H,34,36)(H3,32,37,38);1H/q+1;/p-1. The summed E-state index contributed by atoms with van der Waals surface area (Å²) in [6.07, 6.45) is 1.54. The minimum Gasteiger partial charge on any atom is -1.00 e. The van der Waals surface area contributed by atoms with Crippen molar-refractivity contribution in [2.24, 2.45) is 0 Å². The SMILES string of the molecule is Cc1ccc(Nc2nc(C[N+](C)(CCCc3[nH]nc(N)c3C#N)Cc3csc(Nc4ccc(C)cc4)n3)cs2)cc1.[Cl-]. The van der Waals surface area contributed by atoms with Crippen LogP contribution in [0.3, 0.4) is 0 Å². The molecule has 0 atom stereocenters. The number of benzene rings is 2. The Kier molecular flexibility index (Phi) is 10.2. The monoisotopic (exact) mass is 619 g/mol. The number of nitriles is 1. The van der Waals surface area contributed by atoms with Crippen LogP contribution in [0, 0.1) is 25.2 Å². The number of halogens is 1. The molecule has 3 heterocycles. The Morgan fingerprint density at radius 2 is 1.38 bits per heavy atom. The third-order valence-corrected chi connectivity index (χ3v) is 8.52. The number of aromatic nitrogens is 4. The molecule has 5 aromatic rings. The van der Waals surface area contributed by atoms with Crippen LogP contribution in [0.1, 0.15) is 40.2 Å². The zero-order valence-electron chi connectivity index (χ0n) is 23.8. The summed E-state index contributed by atoms with van der Waals surface area (Å²) in [5.41, 5.74) is 13.6. The summed E-state index contributed by atoms with van der Waals surface area (Å²) < 4.78 is 0.715. The normalized spacial score (nSPS) is 11.1. The van der Waals surface area contributed by atoms with Gasteiger partial charge in [0, 0.05) is 28.6 Å². The number of nitrogens with one attached hydrogen (secondary N) is 3. The van der Waals surface area contributed by atoms with Crippen LogP contribution >= 0.6 is 22.7 Å². The van der Waals surface area contributed by atoms with Gasteiger partial charge in [-0.15, -0.1) is 22.7 Å². The molecule has 218 valence electrons. The zero-order valence-corrected chi connectivity index (χ0v) is 26.2. The summed E-state index contributed by atoms with van der Waals surface area (Å²) in [5, 5.41) is 29.3. The molecule has 5 rings (SSSR count). The zero-order chi connectivity index (χ0) is 28.8. The number of thiazole rings is 2.